The molecule has 80 valence electrons. The predicted molar refractivity (Wildman–Crippen MR) is 60.3 cm³/mol. The number of hydrogen-bond donors (Lipinski definition) is 1. The third-order valence-electron chi connectivity index (χ3n) is 3.44. The van der Waals surface area contributed by atoms with Crippen LogP contribution in [0.2, 0.25) is 0 Å². The summed E-state index contributed by atoms with van der Waals surface area (Å²) in [5.74, 6) is 2.51. The molecular weight excluding hydrogens is 210 g/mol. The Morgan fingerprint density at radius 1 is 1.47 bits per heavy atom. The van der Waals surface area contributed by atoms with Gasteiger partial charge in [0.05, 0.1) is 6.61 Å². The Balaban J connectivity index is 1.85. The van der Waals surface area contributed by atoms with Crippen LogP contribution >= 0.6 is 11.8 Å². The van der Waals surface area contributed by atoms with Crippen molar-refractivity contribution in [3.8, 4) is 5.75 Å². The van der Waals surface area contributed by atoms with E-state index in [1.165, 1.54) is 17.5 Å². The van der Waals surface area contributed by atoms with Gasteiger partial charge in [0.1, 0.15) is 5.75 Å². The molecule has 0 spiro atoms. The molecule has 1 unspecified atom stereocenters. The van der Waals surface area contributed by atoms with Crippen molar-refractivity contribution in [1.29, 1.82) is 0 Å². The topological polar surface area (TPSA) is 21.3 Å². The number of nitrogens with one attached hydrogen (secondary N) is 1. The average molecular weight is 224 g/mol. The van der Waals surface area contributed by atoms with Crippen molar-refractivity contribution >= 4 is 11.8 Å². The molecule has 0 bridgehead atoms. The predicted octanol–water partition coefficient (Wildman–Crippen LogP) is 2.47. The van der Waals surface area contributed by atoms with Gasteiger partial charge in [0, 0.05) is 18.5 Å². The van der Waals surface area contributed by atoms with E-state index in [2.05, 4.69) is 23.0 Å². The van der Waals surface area contributed by atoms with Crippen molar-refractivity contribution < 1.29 is 4.74 Å². The first-order valence-corrected chi connectivity index (χ1v) is 5.86. The second-order valence-corrected chi connectivity index (χ2v) is 4.63. The van der Waals surface area contributed by atoms with Gasteiger partial charge in [-0.1, -0.05) is 12.1 Å². The van der Waals surface area contributed by atoms with E-state index in [0.717, 1.165) is 31.2 Å². The fourth-order valence-electron chi connectivity index (χ4n) is 2.55. The lowest BCUT2D eigenvalue weighted by atomic mass is 10.00. The molecule has 1 saturated carbocycles. The maximum atomic E-state index is 5.57. The summed E-state index contributed by atoms with van der Waals surface area (Å²) in [7, 11) is 0. The van der Waals surface area contributed by atoms with E-state index in [0.29, 0.717) is 5.92 Å². The molecule has 0 saturated heterocycles. The zero-order valence-corrected chi connectivity index (χ0v) is 9.26. The number of benzene rings is 1. The maximum Gasteiger partial charge on any atom is 0.122 e. The van der Waals surface area contributed by atoms with Gasteiger partial charge in [-0.3, -0.25) is 0 Å². The molecule has 1 heterocycles. The third-order valence-corrected chi connectivity index (χ3v) is 3.59. The van der Waals surface area contributed by atoms with Gasteiger partial charge in [0.15, 0.2) is 0 Å². The summed E-state index contributed by atoms with van der Waals surface area (Å²) in [6, 6.07) is 6.42. The molecule has 1 aliphatic carbocycles. The minimum absolute atomic E-state index is 0.702. The normalized spacial score (nSPS) is 27.3. The van der Waals surface area contributed by atoms with Crippen molar-refractivity contribution in [3.05, 3.63) is 29.3 Å². The van der Waals surface area contributed by atoms with E-state index >= 15 is 0 Å². The SMILES string of the molecule is ClNC[C@@H]1CC1c1cccc2c1CCO2. The minimum Gasteiger partial charge on any atom is -0.493 e. The van der Waals surface area contributed by atoms with Crippen molar-refractivity contribution in [1.82, 2.24) is 4.84 Å². The summed E-state index contributed by atoms with van der Waals surface area (Å²) in [5.41, 5.74) is 2.92. The van der Waals surface area contributed by atoms with Crippen LogP contribution in [-0.4, -0.2) is 13.2 Å². The quantitative estimate of drug-likeness (QED) is 0.795. The molecule has 3 heteroatoms. The average Bonchev–Trinajstić information content (AvgIpc) is 2.84. The van der Waals surface area contributed by atoms with Crippen LogP contribution in [0.3, 0.4) is 0 Å². The highest BCUT2D eigenvalue weighted by atomic mass is 35.5. The smallest absolute Gasteiger partial charge is 0.122 e. The molecule has 2 atom stereocenters. The van der Waals surface area contributed by atoms with Gasteiger partial charge < -0.3 is 4.74 Å². The highest BCUT2D eigenvalue weighted by Gasteiger charge is 2.39. The largest absolute Gasteiger partial charge is 0.493 e. The molecule has 0 aromatic heterocycles. The van der Waals surface area contributed by atoms with Crippen molar-refractivity contribution in [2.24, 2.45) is 5.92 Å². The summed E-state index contributed by atoms with van der Waals surface area (Å²) < 4.78 is 5.57. The van der Waals surface area contributed by atoms with E-state index < -0.39 is 0 Å². The third kappa shape index (κ3) is 1.62. The Kier molecular flexibility index (Phi) is 2.33. The molecule has 1 aromatic rings. The Morgan fingerprint density at radius 3 is 3.27 bits per heavy atom. The van der Waals surface area contributed by atoms with E-state index in [1.54, 1.807) is 0 Å². The minimum atomic E-state index is 0.702. The number of rotatable bonds is 3. The van der Waals surface area contributed by atoms with Crippen LogP contribution in [-0.2, 0) is 6.42 Å². The van der Waals surface area contributed by atoms with Crippen LogP contribution in [0.1, 0.15) is 23.5 Å². The van der Waals surface area contributed by atoms with E-state index in [4.69, 9.17) is 16.5 Å². The van der Waals surface area contributed by atoms with Crippen LogP contribution < -0.4 is 9.57 Å². The molecule has 3 rings (SSSR count). The summed E-state index contributed by atoms with van der Waals surface area (Å²) in [4.78, 5) is 2.74. The molecular formula is C12H14ClNO. The number of hydrogen-bond acceptors (Lipinski definition) is 2. The maximum absolute atomic E-state index is 5.57. The Labute approximate surface area is 94.7 Å². The van der Waals surface area contributed by atoms with Crippen molar-refractivity contribution in [2.45, 2.75) is 18.8 Å². The van der Waals surface area contributed by atoms with Crippen LogP contribution in [0.5, 0.6) is 5.75 Å². The van der Waals surface area contributed by atoms with Crippen LogP contribution in [0.25, 0.3) is 0 Å². The highest BCUT2D eigenvalue weighted by Crippen LogP contribution is 2.50. The van der Waals surface area contributed by atoms with Crippen LogP contribution in [0.4, 0.5) is 0 Å². The Hall–Kier alpha value is -0.730. The van der Waals surface area contributed by atoms with E-state index in [9.17, 15) is 0 Å². The van der Waals surface area contributed by atoms with Crippen LogP contribution in [0, 0.1) is 5.92 Å². The van der Waals surface area contributed by atoms with Gasteiger partial charge in [-0.15, -0.1) is 0 Å². The van der Waals surface area contributed by atoms with Gasteiger partial charge in [0.2, 0.25) is 0 Å². The Bertz CT molecular complexity index is 380. The standard InChI is InChI=1S/C12H14ClNO/c13-14-7-8-6-11(8)9-2-1-3-12-10(9)4-5-15-12/h1-3,8,11,14H,4-7H2/t8-,11?/m0/s1. The molecule has 15 heavy (non-hydrogen) atoms. The summed E-state index contributed by atoms with van der Waals surface area (Å²) in [6.07, 6.45) is 2.33. The number of fused-ring (bicyclic) bond motifs is 1. The van der Waals surface area contributed by atoms with Crippen molar-refractivity contribution in [3.63, 3.8) is 0 Å². The van der Waals surface area contributed by atoms with Crippen molar-refractivity contribution in [2.75, 3.05) is 13.2 Å². The second kappa shape index (κ2) is 3.69. The first kappa shape index (κ1) is 9.49. The zero-order chi connectivity index (χ0) is 10.3. The summed E-state index contributed by atoms with van der Waals surface area (Å²) in [6.45, 7) is 1.76. The fourth-order valence-corrected chi connectivity index (χ4v) is 2.75. The zero-order valence-electron chi connectivity index (χ0n) is 8.50. The lowest BCUT2D eigenvalue weighted by Gasteiger charge is -2.06. The number of halogens is 1. The van der Waals surface area contributed by atoms with Gasteiger partial charge in [-0.2, -0.15) is 0 Å². The number of ether oxygens (including phenoxy) is 1. The van der Waals surface area contributed by atoms with Gasteiger partial charge >= 0.3 is 0 Å². The first-order valence-electron chi connectivity index (χ1n) is 5.48. The lowest BCUT2D eigenvalue weighted by molar-refractivity contribution is 0.357. The second-order valence-electron chi connectivity index (χ2n) is 4.36. The lowest BCUT2D eigenvalue weighted by Crippen LogP contribution is -2.04. The summed E-state index contributed by atoms with van der Waals surface area (Å²) >= 11 is 5.53. The molecule has 2 nitrogen and oxygen atoms in total. The van der Waals surface area contributed by atoms with Gasteiger partial charge in [-0.25, -0.2) is 4.84 Å². The van der Waals surface area contributed by atoms with Crippen LogP contribution in [0.15, 0.2) is 18.2 Å². The summed E-state index contributed by atoms with van der Waals surface area (Å²) in [5, 5.41) is 0. The molecule has 1 aromatic carbocycles. The highest BCUT2D eigenvalue weighted by molar-refractivity contribution is 6.13. The monoisotopic (exact) mass is 223 g/mol. The molecule has 0 amide bonds. The molecule has 0 radical (unpaired) electrons. The first-order chi connectivity index (χ1) is 7.40. The Morgan fingerprint density at radius 2 is 2.40 bits per heavy atom. The molecule has 2 aliphatic rings. The van der Waals surface area contributed by atoms with Gasteiger partial charge in [0.25, 0.3) is 0 Å². The van der Waals surface area contributed by atoms with Gasteiger partial charge in [-0.05, 0) is 41.7 Å². The van der Waals surface area contributed by atoms with E-state index in [-0.39, 0.29) is 0 Å². The molecule has 1 aliphatic heterocycles. The fraction of sp³-hybridized carbons (Fsp3) is 0.500. The van der Waals surface area contributed by atoms with E-state index in [1.807, 2.05) is 0 Å². The molecule has 1 N–H and O–H groups in total. The molecule has 1 fully saturated rings.